The van der Waals surface area contributed by atoms with Crippen LogP contribution in [0.25, 0.3) is 0 Å². The van der Waals surface area contributed by atoms with Crippen LogP contribution < -0.4 is 9.64 Å². The molecule has 0 aliphatic carbocycles. The fourth-order valence-corrected chi connectivity index (χ4v) is 3.50. The van der Waals surface area contributed by atoms with Crippen molar-refractivity contribution in [2.45, 2.75) is 32.2 Å². The van der Waals surface area contributed by atoms with Gasteiger partial charge in [0.25, 0.3) is 5.91 Å². The van der Waals surface area contributed by atoms with Crippen molar-refractivity contribution in [1.29, 1.82) is 0 Å². The second-order valence-electron chi connectivity index (χ2n) is 6.32. The molecule has 2 saturated heterocycles. The van der Waals surface area contributed by atoms with Gasteiger partial charge in [-0.1, -0.05) is 18.5 Å². The van der Waals surface area contributed by atoms with Gasteiger partial charge in [-0.15, -0.1) is 0 Å². The zero-order valence-corrected chi connectivity index (χ0v) is 14.2. The summed E-state index contributed by atoms with van der Waals surface area (Å²) in [5.41, 5.74) is 0.433. The maximum Gasteiger partial charge on any atom is 0.251 e. The number of piperidine rings is 1. The number of carbonyl (C=O) groups is 2. The van der Waals surface area contributed by atoms with Crippen LogP contribution in [0.2, 0.25) is 5.02 Å². The third-order valence-electron chi connectivity index (χ3n) is 4.76. The van der Waals surface area contributed by atoms with Crippen molar-refractivity contribution in [1.82, 2.24) is 4.90 Å². The molecule has 0 radical (unpaired) electrons. The monoisotopic (exact) mass is 336 g/mol. The van der Waals surface area contributed by atoms with E-state index in [1.165, 1.54) is 12.0 Å². The second kappa shape index (κ2) is 6.49. The summed E-state index contributed by atoms with van der Waals surface area (Å²) in [4.78, 5) is 28.7. The minimum absolute atomic E-state index is 0.176. The van der Waals surface area contributed by atoms with E-state index in [1.54, 1.807) is 18.2 Å². The molecule has 124 valence electrons. The lowest BCUT2D eigenvalue weighted by molar-refractivity contribution is -0.123. The summed E-state index contributed by atoms with van der Waals surface area (Å²) in [6.45, 7) is 3.96. The Morgan fingerprint density at radius 2 is 1.91 bits per heavy atom. The van der Waals surface area contributed by atoms with Gasteiger partial charge in [0, 0.05) is 5.02 Å². The zero-order chi connectivity index (χ0) is 16.6. The van der Waals surface area contributed by atoms with Crippen molar-refractivity contribution in [3.8, 4) is 5.75 Å². The number of methoxy groups -OCH3 is 1. The van der Waals surface area contributed by atoms with Crippen molar-refractivity contribution < 1.29 is 14.3 Å². The smallest absolute Gasteiger partial charge is 0.251 e. The standard InChI is InChI=1S/C17H21ClN2O3/c1-11-5-7-19(8-6-11)14-10-16(21)20(17(14)22)13-9-12(18)3-4-15(13)23-2/h3-4,9,11,14H,5-8,10H2,1-2H3. The molecule has 3 rings (SSSR count). The lowest BCUT2D eigenvalue weighted by atomic mass is 9.97. The van der Waals surface area contributed by atoms with Gasteiger partial charge in [-0.2, -0.15) is 0 Å². The van der Waals surface area contributed by atoms with Crippen LogP contribution in [0.1, 0.15) is 26.2 Å². The van der Waals surface area contributed by atoms with Crippen LogP contribution in [0.15, 0.2) is 18.2 Å². The third-order valence-corrected chi connectivity index (χ3v) is 5.00. The Morgan fingerprint density at radius 3 is 2.57 bits per heavy atom. The van der Waals surface area contributed by atoms with E-state index in [0.29, 0.717) is 22.4 Å². The van der Waals surface area contributed by atoms with E-state index in [1.807, 2.05) is 0 Å². The van der Waals surface area contributed by atoms with Gasteiger partial charge in [-0.25, -0.2) is 4.90 Å². The fraction of sp³-hybridized carbons (Fsp3) is 0.529. The minimum Gasteiger partial charge on any atom is -0.495 e. The molecule has 1 atom stereocenters. The van der Waals surface area contributed by atoms with Crippen LogP contribution in [-0.2, 0) is 9.59 Å². The predicted octanol–water partition coefficient (Wildman–Crippen LogP) is 2.71. The molecule has 2 amide bonds. The Labute approximate surface area is 141 Å². The number of carbonyl (C=O) groups excluding carboxylic acids is 2. The molecule has 1 aromatic carbocycles. The van der Waals surface area contributed by atoms with Crippen LogP contribution in [0, 0.1) is 5.92 Å². The highest BCUT2D eigenvalue weighted by Gasteiger charge is 2.44. The third kappa shape index (κ3) is 3.08. The van der Waals surface area contributed by atoms with Gasteiger partial charge in [0.15, 0.2) is 0 Å². The van der Waals surface area contributed by atoms with E-state index in [-0.39, 0.29) is 24.3 Å². The van der Waals surface area contributed by atoms with Crippen LogP contribution in [-0.4, -0.2) is 43.0 Å². The molecule has 1 aromatic rings. The molecule has 6 heteroatoms. The summed E-state index contributed by atoms with van der Waals surface area (Å²) >= 11 is 6.03. The summed E-state index contributed by atoms with van der Waals surface area (Å²) in [5, 5.41) is 0.469. The van der Waals surface area contributed by atoms with Crippen molar-refractivity contribution in [2.75, 3.05) is 25.1 Å². The van der Waals surface area contributed by atoms with Gasteiger partial charge < -0.3 is 4.74 Å². The zero-order valence-electron chi connectivity index (χ0n) is 13.4. The summed E-state index contributed by atoms with van der Waals surface area (Å²) in [5.74, 6) is 0.788. The number of anilines is 1. The molecule has 2 aliphatic heterocycles. The first-order valence-electron chi connectivity index (χ1n) is 7.95. The topological polar surface area (TPSA) is 49.9 Å². The number of likely N-dealkylation sites (tertiary alicyclic amines) is 1. The average molecular weight is 337 g/mol. The number of amides is 2. The van der Waals surface area contributed by atoms with Crippen LogP contribution in [0.4, 0.5) is 5.69 Å². The number of benzene rings is 1. The molecule has 2 aliphatic rings. The van der Waals surface area contributed by atoms with Crippen molar-refractivity contribution in [3.05, 3.63) is 23.2 Å². The number of hydrogen-bond acceptors (Lipinski definition) is 4. The van der Waals surface area contributed by atoms with E-state index >= 15 is 0 Å². The summed E-state index contributed by atoms with van der Waals surface area (Å²) < 4.78 is 5.29. The summed E-state index contributed by atoms with van der Waals surface area (Å²) in [7, 11) is 1.52. The molecule has 0 bridgehead atoms. The first-order valence-corrected chi connectivity index (χ1v) is 8.33. The van der Waals surface area contributed by atoms with Gasteiger partial charge in [-0.3, -0.25) is 14.5 Å². The lowest BCUT2D eigenvalue weighted by Crippen LogP contribution is -2.45. The van der Waals surface area contributed by atoms with Crippen molar-refractivity contribution in [3.63, 3.8) is 0 Å². The van der Waals surface area contributed by atoms with Gasteiger partial charge in [0.2, 0.25) is 5.91 Å². The minimum atomic E-state index is -0.362. The molecule has 23 heavy (non-hydrogen) atoms. The maximum absolute atomic E-state index is 12.8. The highest BCUT2D eigenvalue weighted by atomic mass is 35.5. The Kier molecular flexibility index (Phi) is 4.60. The number of ether oxygens (including phenoxy) is 1. The first-order chi connectivity index (χ1) is 11.0. The van der Waals surface area contributed by atoms with Gasteiger partial charge in [0.1, 0.15) is 5.75 Å². The molecule has 0 aromatic heterocycles. The summed E-state index contributed by atoms with van der Waals surface area (Å²) in [6.07, 6.45) is 2.36. The molecule has 0 saturated carbocycles. The maximum atomic E-state index is 12.8. The van der Waals surface area contributed by atoms with Crippen LogP contribution in [0.3, 0.4) is 0 Å². The SMILES string of the molecule is COc1ccc(Cl)cc1N1C(=O)CC(N2CCC(C)CC2)C1=O. The molecule has 0 spiro atoms. The Hall–Kier alpha value is -1.59. The van der Waals surface area contributed by atoms with E-state index < -0.39 is 0 Å². The van der Waals surface area contributed by atoms with Crippen molar-refractivity contribution in [2.24, 2.45) is 5.92 Å². The number of halogens is 1. The number of rotatable bonds is 3. The van der Waals surface area contributed by atoms with Gasteiger partial charge >= 0.3 is 0 Å². The molecule has 5 nitrogen and oxygen atoms in total. The number of imide groups is 1. The quantitative estimate of drug-likeness (QED) is 0.796. The van der Waals surface area contributed by atoms with Gasteiger partial charge in [0.05, 0.1) is 25.3 Å². The van der Waals surface area contributed by atoms with Crippen LogP contribution >= 0.6 is 11.6 Å². The molecule has 1 unspecified atom stereocenters. The first kappa shape index (κ1) is 16.3. The normalized spacial score (nSPS) is 23.6. The Balaban J connectivity index is 1.86. The van der Waals surface area contributed by atoms with Crippen LogP contribution in [0.5, 0.6) is 5.75 Å². The van der Waals surface area contributed by atoms with E-state index in [4.69, 9.17) is 16.3 Å². The molecule has 2 fully saturated rings. The highest BCUT2D eigenvalue weighted by molar-refractivity contribution is 6.31. The van der Waals surface area contributed by atoms with E-state index in [2.05, 4.69) is 11.8 Å². The fourth-order valence-electron chi connectivity index (χ4n) is 3.33. The predicted molar refractivity (Wildman–Crippen MR) is 88.9 cm³/mol. The molecular weight excluding hydrogens is 316 g/mol. The highest BCUT2D eigenvalue weighted by Crippen LogP contribution is 2.36. The average Bonchev–Trinajstić information content (AvgIpc) is 2.83. The number of nitrogens with zero attached hydrogens (tertiary/aromatic N) is 2. The van der Waals surface area contributed by atoms with Gasteiger partial charge in [-0.05, 0) is 50.0 Å². The Bertz CT molecular complexity index is 626. The lowest BCUT2D eigenvalue weighted by Gasteiger charge is -2.33. The molecular formula is C17H21ClN2O3. The largest absolute Gasteiger partial charge is 0.495 e. The number of hydrogen-bond donors (Lipinski definition) is 0. The molecule has 0 N–H and O–H groups in total. The van der Waals surface area contributed by atoms with E-state index in [9.17, 15) is 9.59 Å². The summed E-state index contributed by atoms with van der Waals surface area (Å²) in [6, 6.07) is 4.60. The van der Waals surface area contributed by atoms with Crippen molar-refractivity contribution >= 4 is 29.1 Å². The van der Waals surface area contributed by atoms with E-state index in [0.717, 1.165) is 25.9 Å². The Morgan fingerprint density at radius 1 is 1.22 bits per heavy atom. The molecule has 2 heterocycles. The second-order valence-corrected chi connectivity index (χ2v) is 6.76.